The van der Waals surface area contributed by atoms with Crippen LogP contribution in [0.2, 0.25) is 0 Å². The van der Waals surface area contributed by atoms with Crippen molar-refractivity contribution in [1.82, 2.24) is 10.2 Å². The Morgan fingerprint density at radius 1 is 1.26 bits per heavy atom. The number of amides is 2. The minimum absolute atomic E-state index is 0.00527. The lowest BCUT2D eigenvalue weighted by atomic mass is 9.89. The summed E-state index contributed by atoms with van der Waals surface area (Å²) < 4.78 is 0. The first-order valence-corrected chi connectivity index (χ1v) is 10.2. The van der Waals surface area contributed by atoms with E-state index in [0.717, 1.165) is 23.5 Å². The maximum atomic E-state index is 12.5. The minimum Gasteiger partial charge on any atom is -0.312 e. The second-order valence-corrected chi connectivity index (χ2v) is 8.57. The highest BCUT2D eigenvalue weighted by Gasteiger charge is 2.34. The van der Waals surface area contributed by atoms with Gasteiger partial charge in [0.15, 0.2) is 0 Å². The molecule has 1 aliphatic heterocycles. The number of carbonyl (C=O) groups is 2. The van der Waals surface area contributed by atoms with E-state index in [1.165, 1.54) is 16.9 Å². The second-order valence-electron chi connectivity index (χ2n) is 7.56. The molecule has 1 aromatic heterocycles. The normalized spacial score (nSPS) is 17.4. The predicted molar refractivity (Wildman–Crippen MR) is 108 cm³/mol. The Morgan fingerprint density at radius 3 is 2.59 bits per heavy atom. The van der Waals surface area contributed by atoms with Crippen molar-refractivity contribution in [3.8, 4) is 0 Å². The first-order valence-electron chi connectivity index (χ1n) is 9.38. The standard InChI is InChI=1S/C20H26N4O2S/c1-5-13-7-9-15(10-8-13)24-12-14(11-16(24)25)17-22-23-19(27-17)21-18(26)20(3,4)6-2/h7-10,14H,5-6,11-12H2,1-4H3,(H,21,23,26). The van der Waals surface area contributed by atoms with E-state index in [1.807, 2.05) is 37.8 Å². The van der Waals surface area contributed by atoms with Gasteiger partial charge in [-0.2, -0.15) is 0 Å². The molecule has 1 fully saturated rings. The van der Waals surface area contributed by atoms with Crippen LogP contribution in [0.4, 0.5) is 10.8 Å². The van der Waals surface area contributed by atoms with Gasteiger partial charge in [-0.15, -0.1) is 10.2 Å². The van der Waals surface area contributed by atoms with Gasteiger partial charge in [-0.3, -0.25) is 9.59 Å². The number of aromatic nitrogens is 2. The van der Waals surface area contributed by atoms with Gasteiger partial charge in [0.25, 0.3) is 0 Å². The highest BCUT2D eigenvalue weighted by atomic mass is 32.1. The molecular formula is C20H26N4O2S. The Morgan fingerprint density at radius 2 is 1.96 bits per heavy atom. The summed E-state index contributed by atoms with van der Waals surface area (Å²) in [7, 11) is 0. The summed E-state index contributed by atoms with van der Waals surface area (Å²) in [6.45, 7) is 8.49. The molecule has 1 aromatic carbocycles. The van der Waals surface area contributed by atoms with Crippen LogP contribution in [0.5, 0.6) is 0 Å². The number of nitrogens with zero attached hydrogens (tertiary/aromatic N) is 3. The van der Waals surface area contributed by atoms with Crippen molar-refractivity contribution in [3.05, 3.63) is 34.8 Å². The molecule has 1 aliphatic rings. The molecule has 0 bridgehead atoms. The summed E-state index contributed by atoms with van der Waals surface area (Å²) in [6.07, 6.45) is 2.14. The van der Waals surface area contributed by atoms with Crippen LogP contribution >= 0.6 is 11.3 Å². The Kier molecular flexibility index (Phi) is 5.60. The van der Waals surface area contributed by atoms with Gasteiger partial charge in [0, 0.05) is 30.0 Å². The molecule has 2 amide bonds. The third kappa shape index (κ3) is 4.18. The Balaban J connectivity index is 1.68. The maximum absolute atomic E-state index is 12.5. The topological polar surface area (TPSA) is 75.2 Å². The lowest BCUT2D eigenvalue weighted by Crippen LogP contribution is -2.29. The second kappa shape index (κ2) is 7.76. The number of rotatable bonds is 6. The van der Waals surface area contributed by atoms with Gasteiger partial charge in [0.05, 0.1) is 0 Å². The highest BCUT2D eigenvalue weighted by Crippen LogP contribution is 2.34. The Hall–Kier alpha value is -2.28. The van der Waals surface area contributed by atoms with Gasteiger partial charge in [0.1, 0.15) is 5.01 Å². The van der Waals surface area contributed by atoms with E-state index in [2.05, 4.69) is 34.6 Å². The molecule has 0 spiro atoms. The van der Waals surface area contributed by atoms with Crippen molar-refractivity contribution in [2.75, 3.05) is 16.8 Å². The number of anilines is 2. The molecule has 27 heavy (non-hydrogen) atoms. The number of nitrogens with one attached hydrogen (secondary N) is 1. The molecule has 0 radical (unpaired) electrons. The molecule has 0 aliphatic carbocycles. The van der Waals surface area contributed by atoms with Crippen molar-refractivity contribution in [3.63, 3.8) is 0 Å². The molecule has 6 nitrogen and oxygen atoms in total. The van der Waals surface area contributed by atoms with Gasteiger partial charge >= 0.3 is 0 Å². The van der Waals surface area contributed by atoms with Gasteiger partial charge < -0.3 is 10.2 Å². The summed E-state index contributed by atoms with van der Waals surface area (Å²) in [5, 5.41) is 12.5. The molecule has 2 aromatic rings. The Bertz CT molecular complexity index is 829. The lowest BCUT2D eigenvalue weighted by Gasteiger charge is -2.20. The molecular weight excluding hydrogens is 360 g/mol. The monoisotopic (exact) mass is 386 g/mol. The van der Waals surface area contributed by atoms with Crippen LogP contribution in [0.25, 0.3) is 0 Å². The Labute approximate surface area is 164 Å². The smallest absolute Gasteiger partial charge is 0.231 e. The van der Waals surface area contributed by atoms with Crippen LogP contribution in [0.1, 0.15) is 57.0 Å². The van der Waals surface area contributed by atoms with Crippen molar-refractivity contribution in [2.45, 2.75) is 52.9 Å². The molecule has 2 heterocycles. The fourth-order valence-electron chi connectivity index (χ4n) is 2.91. The van der Waals surface area contributed by atoms with Crippen LogP contribution < -0.4 is 10.2 Å². The molecule has 1 saturated heterocycles. The van der Waals surface area contributed by atoms with E-state index < -0.39 is 5.41 Å². The van der Waals surface area contributed by atoms with E-state index in [9.17, 15) is 9.59 Å². The van der Waals surface area contributed by atoms with Crippen LogP contribution in [0.15, 0.2) is 24.3 Å². The van der Waals surface area contributed by atoms with Gasteiger partial charge in [-0.1, -0.05) is 51.2 Å². The fraction of sp³-hybridized carbons (Fsp3) is 0.500. The van der Waals surface area contributed by atoms with Crippen molar-refractivity contribution in [2.24, 2.45) is 5.41 Å². The van der Waals surface area contributed by atoms with E-state index in [0.29, 0.717) is 18.1 Å². The number of hydrogen-bond acceptors (Lipinski definition) is 5. The average molecular weight is 387 g/mol. The molecule has 144 valence electrons. The molecule has 1 unspecified atom stereocenters. The zero-order chi connectivity index (χ0) is 19.6. The number of benzene rings is 1. The third-order valence-corrected chi connectivity index (χ3v) is 6.29. The summed E-state index contributed by atoms with van der Waals surface area (Å²) >= 11 is 1.36. The van der Waals surface area contributed by atoms with Gasteiger partial charge in [-0.25, -0.2) is 0 Å². The molecule has 3 rings (SSSR count). The van der Waals surface area contributed by atoms with Gasteiger partial charge in [0.2, 0.25) is 16.9 Å². The predicted octanol–water partition coefficient (Wildman–Crippen LogP) is 4.00. The molecule has 7 heteroatoms. The molecule has 1 N–H and O–H groups in total. The maximum Gasteiger partial charge on any atom is 0.231 e. The zero-order valence-corrected chi connectivity index (χ0v) is 17.1. The molecule has 1 atom stereocenters. The fourth-order valence-corrected chi connectivity index (χ4v) is 3.74. The minimum atomic E-state index is -0.448. The van der Waals surface area contributed by atoms with E-state index in [1.54, 1.807) is 0 Å². The van der Waals surface area contributed by atoms with Gasteiger partial charge in [-0.05, 0) is 30.5 Å². The quantitative estimate of drug-likeness (QED) is 0.814. The van der Waals surface area contributed by atoms with Crippen LogP contribution in [0.3, 0.4) is 0 Å². The summed E-state index contributed by atoms with van der Waals surface area (Å²) in [5.41, 5.74) is 1.72. The number of carbonyl (C=O) groups excluding carboxylic acids is 2. The van der Waals surface area contributed by atoms with Crippen molar-refractivity contribution >= 4 is 34.0 Å². The summed E-state index contributed by atoms with van der Waals surface area (Å²) in [4.78, 5) is 26.6. The SMILES string of the molecule is CCc1ccc(N2CC(c3nnc(NC(=O)C(C)(C)CC)s3)CC2=O)cc1. The summed E-state index contributed by atoms with van der Waals surface area (Å²) in [6, 6.07) is 8.11. The van der Waals surface area contributed by atoms with Crippen molar-refractivity contribution < 1.29 is 9.59 Å². The first-order chi connectivity index (χ1) is 12.8. The van der Waals surface area contributed by atoms with Crippen molar-refractivity contribution in [1.29, 1.82) is 0 Å². The first kappa shape index (κ1) is 19.5. The average Bonchev–Trinajstić information content (AvgIpc) is 3.28. The lowest BCUT2D eigenvalue weighted by molar-refractivity contribution is -0.124. The van der Waals surface area contributed by atoms with E-state index in [4.69, 9.17) is 0 Å². The third-order valence-electron chi connectivity index (χ3n) is 5.29. The van der Waals surface area contributed by atoms with E-state index >= 15 is 0 Å². The highest BCUT2D eigenvalue weighted by molar-refractivity contribution is 7.15. The number of hydrogen-bond donors (Lipinski definition) is 1. The van der Waals surface area contributed by atoms with Crippen LogP contribution in [-0.4, -0.2) is 28.6 Å². The largest absolute Gasteiger partial charge is 0.312 e. The number of aryl methyl sites for hydroxylation is 1. The van der Waals surface area contributed by atoms with Crippen LogP contribution in [-0.2, 0) is 16.0 Å². The van der Waals surface area contributed by atoms with E-state index in [-0.39, 0.29) is 17.7 Å². The van der Waals surface area contributed by atoms with Crippen LogP contribution in [0, 0.1) is 5.41 Å². The molecule has 0 saturated carbocycles. The zero-order valence-electron chi connectivity index (χ0n) is 16.3. The summed E-state index contributed by atoms with van der Waals surface area (Å²) in [5.74, 6) is 0.0377.